The zero-order valence-electron chi connectivity index (χ0n) is 17.9. The molecule has 0 heterocycles. The molecule has 0 aromatic rings. The van der Waals surface area contributed by atoms with E-state index in [2.05, 4.69) is 25.9 Å². The van der Waals surface area contributed by atoms with Gasteiger partial charge in [0.15, 0.2) is 0 Å². The van der Waals surface area contributed by atoms with Crippen LogP contribution in [0.2, 0.25) is 0 Å². The molecule has 0 aromatic heterocycles. The Morgan fingerprint density at radius 2 is 1.86 bits per heavy atom. The minimum atomic E-state index is -0.281. The number of hydrogen-bond donors (Lipinski definition) is 3. The first-order valence-corrected chi connectivity index (χ1v) is 11.6. The molecule has 28 heavy (non-hydrogen) atoms. The molecule has 5 heteroatoms. The fourth-order valence-electron chi connectivity index (χ4n) is 8.17. The molecule has 0 aromatic carbocycles. The number of aliphatic hydroxyl groups excluding tert-OH is 2. The van der Waals surface area contributed by atoms with Crippen molar-refractivity contribution >= 4 is 5.71 Å². The number of hydrogen-bond acceptors (Lipinski definition) is 5. The van der Waals surface area contributed by atoms with Crippen molar-refractivity contribution in [2.75, 3.05) is 13.2 Å². The maximum Gasteiger partial charge on any atom is 0.129 e. The van der Waals surface area contributed by atoms with E-state index in [1.807, 2.05) is 0 Å². The average molecular weight is 393 g/mol. The molecule has 1 unspecified atom stereocenters. The van der Waals surface area contributed by atoms with E-state index in [4.69, 9.17) is 10.6 Å². The van der Waals surface area contributed by atoms with Crippen molar-refractivity contribution in [3.8, 4) is 0 Å². The first-order chi connectivity index (χ1) is 13.4. The summed E-state index contributed by atoms with van der Waals surface area (Å²) < 4.78 is 0. The Kier molecular flexibility index (Phi) is 5.56. The van der Waals surface area contributed by atoms with E-state index in [-0.39, 0.29) is 29.0 Å². The molecular formula is C23H40N2O3. The van der Waals surface area contributed by atoms with Gasteiger partial charge in [-0.05, 0) is 85.9 Å². The lowest BCUT2D eigenvalue weighted by Crippen LogP contribution is -2.60. The highest BCUT2D eigenvalue weighted by Gasteiger charge is 2.63. The van der Waals surface area contributed by atoms with Crippen LogP contribution in [0.3, 0.4) is 0 Å². The zero-order valence-corrected chi connectivity index (χ0v) is 17.9. The van der Waals surface area contributed by atoms with E-state index in [0.29, 0.717) is 36.8 Å². The topological polar surface area (TPSA) is 88.1 Å². The third-order valence-corrected chi connectivity index (χ3v) is 9.54. The van der Waals surface area contributed by atoms with E-state index in [9.17, 15) is 10.2 Å². The van der Waals surface area contributed by atoms with Crippen molar-refractivity contribution in [3.05, 3.63) is 0 Å². The number of rotatable bonds is 4. The van der Waals surface area contributed by atoms with Gasteiger partial charge in [-0.3, -0.25) is 0 Å². The van der Waals surface area contributed by atoms with Gasteiger partial charge in [0.05, 0.1) is 17.9 Å². The molecule has 5 nitrogen and oxygen atoms in total. The van der Waals surface area contributed by atoms with Gasteiger partial charge in [0.25, 0.3) is 0 Å². The molecule has 0 aliphatic heterocycles. The molecule has 0 bridgehead atoms. The highest BCUT2D eigenvalue weighted by molar-refractivity contribution is 5.87. The van der Waals surface area contributed by atoms with Gasteiger partial charge >= 0.3 is 0 Å². The molecular weight excluding hydrogens is 352 g/mol. The largest absolute Gasteiger partial charge is 0.394 e. The molecule has 4 N–H and O–H groups in total. The molecule has 4 saturated carbocycles. The summed E-state index contributed by atoms with van der Waals surface area (Å²) >= 11 is 0. The minimum absolute atomic E-state index is 0.0611. The van der Waals surface area contributed by atoms with Gasteiger partial charge < -0.3 is 20.8 Å². The van der Waals surface area contributed by atoms with Crippen LogP contribution in [0, 0.1) is 40.4 Å². The summed E-state index contributed by atoms with van der Waals surface area (Å²) in [6, 6.07) is 0. The number of oxime groups is 1. The van der Waals surface area contributed by atoms with Crippen molar-refractivity contribution in [3.63, 3.8) is 0 Å². The SMILES string of the molecule is CC[C@H]1/C(=N/OCCN)CC[C@@]2(C)C1[C@H](O)C[C@H]1[C@@H]3CC[C@H](O)[C@@]3(C)CC[C@@H]12. The second-order valence-corrected chi connectivity index (χ2v) is 10.6. The second kappa shape index (κ2) is 7.55. The predicted molar refractivity (Wildman–Crippen MR) is 111 cm³/mol. The molecule has 160 valence electrons. The van der Waals surface area contributed by atoms with Crippen LogP contribution in [0.15, 0.2) is 5.16 Å². The maximum atomic E-state index is 11.4. The van der Waals surface area contributed by atoms with Crippen LogP contribution >= 0.6 is 0 Å². The Balaban J connectivity index is 1.62. The number of nitrogens with zero attached hydrogens (tertiary/aromatic N) is 1. The summed E-state index contributed by atoms with van der Waals surface area (Å²) in [5.41, 5.74) is 6.90. The van der Waals surface area contributed by atoms with E-state index in [0.717, 1.165) is 50.7 Å². The first-order valence-electron chi connectivity index (χ1n) is 11.6. The van der Waals surface area contributed by atoms with Gasteiger partial charge in [-0.1, -0.05) is 25.9 Å². The lowest BCUT2D eigenvalue weighted by Gasteiger charge is -2.63. The number of aliphatic hydroxyl groups is 2. The van der Waals surface area contributed by atoms with E-state index in [1.165, 1.54) is 6.42 Å². The maximum absolute atomic E-state index is 11.4. The molecule has 4 rings (SSSR count). The smallest absolute Gasteiger partial charge is 0.129 e. The molecule has 4 fully saturated rings. The normalized spacial score (nSPS) is 52.1. The standard InChI is InChI=1S/C23H40N2O3/c1-4-14-18(25-28-12-11-24)8-10-23(3)17-7-9-22(2)16(5-6-20(22)27)15(17)13-19(26)21(14)23/h14-17,19-21,26-27H,4-13,24H2,1-3H3/b25-18+/t14-,15-,16-,17-,19+,20-,21?,22-,23+/m0/s1. The first kappa shape index (κ1) is 20.6. The molecule has 4 aliphatic rings. The Hall–Kier alpha value is -0.650. The molecule has 0 spiro atoms. The van der Waals surface area contributed by atoms with Crippen LogP contribution in [0.5, 0.6) is 0 Å². The molecule has 0 saturated heterocycles. The quantitative estimate of drug-likeness (QED) is 0.506. The van der Waals surface area contributed by atoms with Crippen LogP contribution in [-0.4, -0.2) is 41.3 Å². The second-order valence-electron chi connectivity index (χ2n) is 10.6. The summed E-state index contributed by atoms with van der Waals surface area (Å²) in [7, 11) is 0. The fraction of sp³-hybridized carbons (Fsp3) is 0.957. The van der Waals surface area contributed by atoms with Crippen LogP contribution in [0.4, 0.5) is 0 Å². The van der Waals surface area contributed by atoms with Gasteiger partial charge in [0, 0.05) is 12.5 Å². The minimum Gasteiger partial charge on any atom is -0.394 e. The summed E-state index contributed by atoms with van der Waals surface area (Å²) in [4.78, 5) is 5.44. The molecule has 9 atom stereocenters. The summed E-state index contributed by atoms with van der Waals surface area (Å²) in [5.74, 6) is 2.34. The van der Waals surface area contributed by atoms with E-state index < -0.39 is 0 Å². The van der Waals surface area contributed by atoms with Gasteiger partial charge in [-0.2, -0.15) is 0 Å². The Morgan fingerprint density at radius 1 is 1.11 bits per heavy atom. The van der Waals surface area contributed by atoms with Crippen molar-refractivity contribution in [2.24, 2.45) is 51.3 Å². The van der Waals surface area contributed by atoms with Gasteiger partial charge in [0.1, 0.15) is 6.61 Å². The van der Waals surface area contributed by atoms with Crippen LogP contribution in [0.25, 0.3) is 0 Å². The fourth-order valence-corrected chi connectivity index (χ4v) is 8.17. The number of nitrogens with two attached hydrogens (primary N) is 1. The van der Waals surface area contributed by atoms with Gasteiger partial charge in [-0.25, -0.2) is 0 Å². The van der Waals surface area contributed by atoms with Crippen molar-refractivity contribution in [2.45, 2.75) is 84.3 Å². The van der Waals surface area contributed by atoms with Gasteiger partial charge in [-0.15, -0.1) is 0 Å². The number of fused-ring (bicyclic) bond motifs is 5. The van der Waals surface area contributed by atoms with Crippen molar-refractivity contribution in [1.82, 2.24) is 0 Å². The average Bonchev–Trinajstić information content (AvgIpc) is 2.97. The zero-order chi connectivity index (χ0) is 20.1. The van der Waals surface area contributed by atoms with Crippen molar-refractivity contribution < 1.29 is 15.1 Å². The predicted octanol–water partition coefficient (Wildman–Crippen LogP) is 3.33. The summed E-state index contributed by atoms with van der Waals surface area (Å²) in [5, 5.41) is 26.5. The molecule has 0 radical (unpaired) electrons. The lowest BCUT2D eigenvalue weighted by molar-refractivity contribution is -0.164. The molecule has 0 amide bonds. The van der Waals surface area contributed by atoms with Crippen LogP contribution in [0.1, 0.15) is 72.1 Å². The van der Waals surface area contributed by atoms with Gasteiger partial charge in [0.2, 0.25) is 0 Å². The Labute approximate surface area is 170 Å². The highest BCUT2D eigenvalue weighted by atomic mass is 16.6. The van der Waals surface area contributed by atoms with Crippen LogP contribution < -0.4 is 5.73 Å². The van der Waals surface area contributed by atoms with Crippen molar-refractivity contribution in [1.29, 1.82) is 0 Å². The lowest BCUT2D eigenvalue weighted by atomic mass is 9.43. The Bertz CT molecular complexity index is 611. The third kappa shape index (κ3) is 2.95. The van der Waals surface area contributed by atoms with Crippen LogP contribution in [-0.2, 0) is 4.84 Å². The Morgan fingerprint density at radius 3 is 2.57 bits per heavy atom. The third-order valence-electron chi connectivity index (χ3n) is 9.54. The van der Waals surface area contributed by atoms with E-state index >= 15 is 0 Å². The monoisotopic (exact) mass is 392 g/mol. The summed E-state index contributed by atoms with van der Waals surface area (Å²) in [6.07, 6.45) is 7.91. The molecule has 4 aliphatic carbocycles. The van der Waals surface area contributed by atoms with E-state index in [1.54, 1.807) is 0 Å². The highest BCUT2D eigenvalue weighted by Crippen LogP contribution is 2.66. The summed E-state index contributed by atoms with van der Waals surface area (Å²) in [6.45, 7) is 7.91.